The highest BCUT2D eigenvalue weighted by Gasteiger charge is 2.42. The van der Waals surface area contributed by atoms with E-state index < -0.39 is 5.41 Å². The molecule has 3 aromatic heterocycles. The Kier molecular flexibility index (Phi) is 8.20. The van der Waals surface area contributed by atoms with Crippen molar-refractivity contribution in [2.75, 3.05) is 4.90 Å². The van der Waals surface area contributed by atoms with Gasteiger partial charge in [0.1, 0.15) is 33.5 Å². The molecule has 5 heterocycles. The average molecular weight is 934 g/mol. The first-order valence-corrected chi connectivity index (χ1v) is 25.1. The number of para-hydroxylation sites is 3. The van der Waals surface area contributed by atoms with Gasteiger partial charge >= 0.3 is 0 Å². The Morgan fingerprint density at radius 3 is 1.33 bits per heavy atom. The molecule has 0 saturated carbocycles. The first-order chi connectivity index (χ1) is 35.9. The van der Waals surface area contributed by atoms with Crippen LogP contribution in [0.5, 0.6) is 0 Å². The summed E-state index contributed by atoms with van der Waals surface area (Å²) >= 11 is 0. The highest BCUT2D eigenvalue weighted by molar-refractivity contribution is 6.17. The van der Waals surface area contributed by atoms with Crippen LogP contribution >= 0.6 is 0 Å². The molecule has 2 aliphatic rings. The number of fused-ring (bicyclic) bond motifs is 16. The van der Waals surface area contributed by atoms with E-state index in [0.717, 1.165) is 122 Å². The van der Waals surface area contributed by atoms with Crippen molar-refractivity contribution >= 4 is 82.9 Å². The number of nitrogens with zero attached hydrogens (tertiary/aromatic N) is 1. The quantitative estimate of drug-likeness (QED) is 0.176. The van der Waals surface area contributed by atoms with Crippen LogP contribution in [0.3, 0.4) is 0 Å². The molecule has 0 bridgehead atoms. The Morgan fingerprint density at radius 1 is 0.288 bits per heavy atom. The molecule has 4 nitrogen and oxygen atoms in total. The molecule has 0 amide bonds. The lowest BCUT2D eigenvalue weighted by molar-refractivity contribution is 0.633. The highest BCUT2D eigenvalue weighted by atomic mass is 16.3. The van der Waals surface area contributed by atoms with Crippen molar-refractivity contribution in [3.63, 3.8) is 0 Å². The van der Waals surface area contributed by atoms with Crippen molar-refractivity contribution in [1.29, 1.82) is 0 Å². The molecule has 73 heavy (non-hydrogen) atoms. The Bertz CT molecular complexity index is 4660. The SMILES string of the molecule is CC1(C)c2cc(-c3ccccc3)ccc2N2c3ccc(-c4cccc5oc6ccccc6c45)cc3-c3ccc(-c4cccc5oc6ccccc6c45)cc3-c3cc(-c4cccc5oc6ccccc6c45)cc1c32. The van der Waals surface area contributed by atoms with E-state index in [-0.39, 0.29) is 0 Å². The minimum absolute atomic E-state index is 0.426. The molecule has 0 N–H and O–H groups in total. The van der Waals surface area contributed by atoms with Crippen molar-refractivity contribution < 1.29 is 13.3 Å². The fourth-order valence-corrected chi connectivity index (χ4v) is 12.6. The lowest BCUT2D eigenvalue weighted by atomic mass is 9.71. The minimum atomic E-state index is -0.426. The fraction of sp³-hybridized carbons (Fsp3) is 0.0435. The zero-order valence-electron chi connectivity index (χ0n) is 40.0. The van der Waals surface area contributed by atoms with Gasteiger partial charge in [-0.1, -0.05) is 159 Å². The molecule has 0 fully saturated rings. The van der Waals surface area contributed by atoms with E-state index in [1.54, 1.807) is 0 Å². The van der Waals surface area contributed by atoms with E-state index in [1.165, 1.54) is 39.2 Å². The van der Waals surface area contributed by atoms with E-state index in [9.17, 15) is 0 Å². The summed E-state index contributed by atoms with van der Waals surface area (Å²) in [5, 5.41) is 6.70. The number of furan rings is 3. The van der Waals surface area contributed by atoms with Crippen LogP contribution in [-0.2, 0) is 5.41 Å². The smallest absolute Gasteiger partial charge is 0.136 e. The molecule has 0 saturated heterocycles. The number of hydrogen-bond acceptors (Lipinski definition) is 4. The summed E-state index contributed by atoms with van der Waals surface area (Å²) in [7, 11) is 0. The molecule has 0 unspecified atom stereocenters. The second-order valence-electron chi connectivity index (χ2n) is 20.3. The van der Waals surface area contributed by atoms with E-state index in [2.05, 4.69) is 231 Å². The van der Waals surface area contributed by atoms with Gasteiger partial charge in [0.25, 0.3) is 0 Å². The summed E-state index contributed by atoms with van der Waals surface area (Å²) in [4.78, 5) is 2.58. The maximum Gasteiger partial charge on any atom is 0.136 e. The fourth-order valence-electron chi connectivity index (χ4n) is 12.6. The predicted octanol–water partition coefficient (Wildman–Crippen LogP) is 19.8. The monoisotopic (exact) mass is 933 g/mol. The molecule has 14 aromatic rings. The lowest BCUT2D eigenvalue weighted by Crippen LogP contribution is -2.31. The Hall–Kier alpha value is -9.38. The molecular formula is C69H43NO3. The number of benzene rings is 11. The predicted molar refractivity (Wildman–Crippen MR) is 301 cm³/mol. The van der Waals surface area contributed by atoms with Crippen LogP contribution in [0.1, 0.15) is 25.0 Å². The molecule has 342 valence electrons. The second-order valence-corrected chi connectivity index (χ2v) is 20.3. The van der Waals surface area contributed by atoms with E-state index in [0.29, 0.717) is 0 Å². The first-order valence-electron chi connectivity index (χ1n) is 25.1. The van der Waals surface area contributed by atoms with Crippen LogP contribution in [0.2, 0.25) is 0 Å². The van der Waals surface area contributed by atoms with Gasteiger partial charge in [0.05, 0.1) is 17.1 Å². The molecule has 0 radical (unpaired) electrons. The van der Waals surface area contributed by atoms with Crippen molar-refractivity contribution in [2.24, 2.45) is 0 Å². The van der Waals surface area contributed by atoms with Crippen molar-refractivity contribution in [3.8, 4) is 66.8 Å². The lowest BCUT2D eigenvalue weighted by Gasteiger charge is -2.43. The maximum atomic E-state index is 6.57. The molecule has 11 aromatic carbocycles. The zero-order chi connectivity index (χ0) is 48.1. The van der Waals surface area contributed by atoms with Gasteiger partial charge in [0.15, 0.2) is 0 Å². The zero-order valence-corrected chi connectivity index (χ0v) is 40.0. The highest BCUT2D eigenvalue weighted by Crippen LogP contribution is 2.61. The number of anilines is 3. The van der Waals surface area contributed by atoms with Crippen molar-refractivity contribution in [3.05, 3.63) is 236 Å². The number of rotatable bonds is 4. The van der Waals surface area contributed by atoms with E-state index >= 15 is 0 Å². The summed E-state index contributed by atoms with van der Waals surface area (Å²) < 4.78 is 19.6. The molecule has 16 rings (SSSR count). The second kappa shape index (κ2) is 14.8. The summed E-state index contributed by atoms with van der Waals surface area (Å²) in [6, 6.07) is 81.7. The summed E-state index contributed by atoms with van der Waals surface area (Å²) in [6.07, 6.45) is 0. The van der Waals surface area contributed by atoms with Crippen LogP contribution in [0, 0.1) is 0 Å². The first kappa shape index (κ1) is 40.4. The molecule has 0 spiro atoms. The third kappa shape index (κ3) is 5.72. The Balaban J connectivity index is 1.03. The van der Waals surface area contributed by atoms with Gasteiger partial charge in [-0.15, -0.1) is 0 Å². The van der Waals surface area contributed by atoms with E-state index in [1.807, 2.05) is 12.1 Å². The van der Waals surface area contributed by atoms with Crippen LogP contribution < -0.4 is 4.90 Å². The molecule has 4 heteroatoms. The molecule has 2 aliphatic heterocycles. The van der Waals surface area contributed by atoms with Gasteiger partial charge in [-0.2, -0.15) is 0 Å². The standard InChI is InChI=1S/C69H43NO3/c1-69(2)55-38-41(40-15-4-3-5-16-40)30-34-58(55)70-57-33-31-43(46-21-13-27-63-66(46)50-18-7-10-24-60(50)72-63)36-53(57)48-32-29-42(45-20-12-26-62-65(45)49-17-6-9-23-59(49)71-62)35-52(48)54-37-44(39-56(69)68(54)70)47-22-14-28-64-67(47)51-19-8-11-25-61(51)73-64/h3-39H,1-2H3. The largest absolute Gasteiger partial charge is 0.456 e. The minimum Gasteiger partial charge on any atom is -0.456 e. The average Bonchev–Trinajstić information content (AvgIpc) is 4.14. The topological polar surface area (TPSA) is 42.7 Å². The summed E-state index contributed by atoms with van der Waals surface area (Å²) in [6.45, 7) is 4.83. The number of hydrogen-bond donors (Lipinski definition) is 0. The Labute approximate surface area is 420 Å². The molecule has 0 atom stereocenters. The van der Waals surface area contributed by atoms with Crippen molar-refractivity contribution in [1.82, 2.24) is 0 Å². The maximum absolute atomic E-state index is 6.57. The third-order valence-corrected chi connectivity index (χ3v) is 16.0. The van der Waals surface area contributed by atoms with Gasteiger partial charge in [-0.25, -0.2) is 0 Å². The van der Waals surface area contributed by atoms with Gasteiger partial charge in [0, 0.05) is 48.9 Å². The van der Waals surface area contributed by atoms with Gasteiger partial charge in [-0.05, 0) is 146 Å². The molecular weight excluding hydrogens is 891 g/mol. The van der Waals surface area contributed by atoms with E-state index in [4.69, 9.17) is 13.3 Å². The van der Waals surface area contributed by atoms with Crippen LogP contribution in [0.4, 0.5) is 17.1 Å². The van der Waals surface area contributed by atoms with Crippen LogP contribution in [0.15, 0.2) is 238 Å². The summed E-state index contributed by atoms with van der Waals surface area (Å²) in [5.41, 5.74) is 24.8. The van der Waals surface area contributed by atoms with Gasteiger partial charge in [-0.3, -0.25) is 0 Å². The summed E-state index contributed by atoms with van der Waals surface area (Å²) in [5.74, 6) is 0. The van der Waals surface area contributed by atoms with Gasteiger partial charge in [0.2, 0.25) is 0 Å². The van der Waals surface area contributed by atoms with Crippen LogP contribution in [0.25, 0.3) is 133 Å². The normalized spacial score (nSPS) is 13.4. The Morgan fingerprint density at radius 2 is 0.740 bits per heavy atom. The van der Waals surface area contributed by atoms with Crippen LogP contribution in [-0.4, -0.2) is 0 Å². The molecule has 0 aliphatic carbocycles. The van der Waals surface area contributed by atoms with Gasteiger partial charge < -0.3 is 18.2 Å². The third-order valence-electron chi connectivity index (χ3n) is 16.0. The van der Waals surface area contributed by atoms with Crippen molar-refractivity contribution in [2.45, 2.75) is 19.3 Å².